The summed E-state index contributed by atoms with van der Waals surface area (Å²) in [5, 5.41) is 3.20. The molecule has 0 unspecified atom stereocenters. The molecule has 1 aliphatic rings. The molecule has 20 heavy (non-hydrogen) atoms. The van der Waals surface area contributed by atoms with Crippen molar-refractivity contribution in [2.75, 3.05) is 39.8 Å². The van der Waals surface area contributed by atoms with Gasteiger partial charge in [-0.3, -0.25) is 9.59 Å². The van der Waals surface area contributed by atoms with Gasteiger partial charge >= 0.3 is 0 Å². The van der Waals surface area contributed by atoms with Crippen molar-refractivity contribution in [3.8, 4) is 0 Å². The molecule has 0 bridgehead atoms. The van der Waals surface area contributed by atoms with Crippen LogP contribution in [0, 0.1) is 0 Å². The number of benzene rings is 1. The van der Waals surface area contributed by atoms with Crippen LogP contribution in [-0.4, -0.2) is 61.4 Å². The van der Waals surface area contributed by atoms with Crippen LogP contribution < -0.4 is 5.32 Å². The minimum Gasteiger partial charge on any atom is -0.339 e. The molecule has 1 aromatic rings. The number of carbonyl (C=O) groups excluding carboxylic acids is 2. The molecular formula is C15H21N3O2. The van der Waals surface area contributed by atoms with Gasteiger partial charge in [-0.05, 0) is 5.56 Å². The third-order valence-electron chi connectivity index (χ3n) is 3.47. The van der Waals surface area contributed by atoms with Gasteiger partial charge in [0, 0.05) is 33.2 Å². The first-order valence-electron chi connectivity index (χ1n) is 6.93. The second kappa shape index (κ2) is 7.05. The Morgan fingerprint density at radius 3 is 2.50 bits per heavy atom. The summed E-state index contributed by atoms with van der Waals surface area (Å²) in [6, 6.07) is 9.59. The van der Waals surface area contributed by atoms with E-state index in [0.29, 0.717) is 6.42 Å². The lowest BCUT2D eigenvalue weighted by Gasteiger charge is -2.29. The summed E-state index contributed by atoms with van der Waals surface area (Å²) in [4.78, 5) is 27.5. The summed E-state index contributed by atoms with van der Waals surface area (Å²) >= 11 is 0. The third-order valence-corrected chi connectivity index (χ3v) is 3.47. The molecule has 1 saturated heterocycles. The quantitative estimate of drug-likeness (QED) is 0.849. The number of hydrogen-bond acceptors (Lipinski definition) is 3. The molecule has 1 fully saturated rings. The van der Waals surface area contributed by atoms with E-state index >= 15 is 0 Å². The topological polar surface area (TPSA) is 52.7 Å². The van der Waals surface area contributed by atoms with E-state index in [4.69, 9.17) is 0 Å². The fourth-order valence-corrected chi connectivity index (χ4v) is 2.21. The van der Waals surface area contributed by atoms with Crippen LogP contribution in [-0.2, 0) is 16.0 Å². The SMILES string of the molecule is CN(CC(=O)N1CCNCC1)C(=O)Cc1ccccc1. The molecule has 1 aromatic carbocycles. The number of carbonyl (C=O) groups is 2. The van der Waals surface area contributed by atoms with Crippen molar-refractivity contribution in [1.29, 1.82) is 0 Å². The summed E-state index contributed by atoms with van der Waals surface area (Å²) < 4.78 is 0. The molecule has 0 saturated carbocycles. The molecule has 5 heteroatoms. The molecule has 108 valence electrons. The van der Waals surface area contributed by atoms with Crippen LogP contribution in [0.25, 0.3) is 0 Å². The molecule has 1 aliphatic heterocycles. The van der Waals surface area contributed by atoms with Crippen molar-refractivity contribution in [2.45, 2.75) is 6.42 Å². The Hall–Kier alpha value is -1.88. The predicted molar refractivity (Wildman–Crippen MR) is 77.2 cm³/mol. The molecule has 0 radical (unpaired) electrons. The minimum atomic E-state index is -0.0281. The molecule has 0 aromatic heterocycles. The Bertz CT molecular complexity index is 455. The van der Waals surface area contributed by atoms with Gasteiger partial charge in [-0.1, -0.05) is 30.3 Å². The number of amides is 2. The highest BCUT2D eigenvalue weighted by molar-refractivity contribution is 5.85. The summed E-state index contributed by atoms with van der Waals surface area (Å²) in [5.74, 6) is -0.00454. The lowest BCUT2D eigenvalue weighted by molar-refractivity contribution is -0.139. The normalized spacial score (nSPS) is 14.9. The maximum Gasteiger partial charge on any atom is 0.242 e. The van der Waals surface area contributed by atoms with E-state index < -0.39 is 0 Å². The van der Waals surface area contributed by atoms with Crippen molar-refractivity contribution < 1.29 is 9.59 Å². The zero-order valence-electron chi connectivity index (χ0n) is 11.8. The Labute approximate surface area is 119 Å². The van der Waals surface area contributed by atoms with Crippen molar-refractivity contribution in [3.63, 3.8) is 0 Å². The highest BCUT2D eigenvalue weighted by Gasteiger charge is 2.19. The molecule has 1 N–H and O–H groups in total. The van der Waals surface area contributed by atoms with Crippen molar-refractivity contribution >= 4 is 11.8 Å². The summed E-state index contributed by atoms with van der Waals surface area (Å²) in [6.07, 6.45) is 0.339. The van der Waals surface area contributed by atoms with Gasteiger partial charge in [0.05, 0.1) is 13.0 Å². The first-order chi connectivity index (χ1) is 9.66. The van der Waals surface area contributed by atoms with E-state index in [9.17, 15) is 9.59 Å². The maximum absolute atomic E-state index is 12.1. The second-order valence-electron chi connectivity index (χ2n) is 5.04. The summed E-state index contributed by atoms with van der Waals surface area (Å²) in [6.45, 7) is 3.26. The van der Waals surface area contributed by atoms with Crippen LogP contribution in [0.5, 0.6) is 0 Å². The predicted octanol–water partition coefficient (Wildman–Crippen LogP) is 0.119. The van der Waals surface area contributed by atoms with E-state index in [1.807, 2.05) is 35.2 Å². The summed E-state index contributed by atoms with van der Waals surface area (Å²) in [7, 11) is 1.69. The summed E-state index contributed by atoms with van der Waals surface area (Å²) in [5.41, 5.74) is 0.971. The third kappa shape index (κ3) is 4.06. The van der Waals surface area contributed by atoms with Gasteiger partial charge in [0.25, 0.3) is 0 Å². The van der Waals surface area contributed by atoms with Crippen molar-refractivity contribution in [3.05, 3.63) is 35.9 Å². The van der Waals surface area contributed by atoms with Gasteiger partial charge in [0.1, 0.15) is 0 Å². The monoisotopic (exact) mass is 275 g/mol. The van der Waals surface area contributed by atoms with Gasteiger partial charge < -0.3 is 15.1 Å². The van der Waals surface area contributed by atoms with E-state index in [0.717, 1.165) is 31.7 Å². The number of rotatable bonds is 4. The second-order valence-corrected chi connectivity index (χ2v) is 5.04. The van der Waals surface area contributed by atoms with Crippen LogP contribution in [0.15, 0.2) is 30.3 Å². The van der Waals surface area contributed by atoms with E-state index in [2.05, 4.69) is 5.32 Å². The van der Waals surface area contributed by atoms with Gasteiger partial charge in [-0.25, -0.2) is 0 Å². The lowest BCUT2D eigenvalue weighted by Crippen LogP contribution is -2.49. The van der Waals surface area contributed by atoms with Crippen molar-refractivity contribution in [1.82, 2.24) is 15.1 Å². The smallest absolute Gasteiger partial charge is 0.242 e. The van der Waals surface area contributed by atoms with Crippen LogP contribution in [0.3, 0.4) is 0 Å². The molecule has 0 aliphatic carbocycles. The van der Waals surface area contributed by atoms with Crippen LogP contribution >= 0.6 is 0 Å². The van der Waals surface area contributed by atoms with Gasteiger partial charge in [0.15, 0.2) is 0 Å². The van der Waals surface area contributed by atoms with E-state index in [1.54, 1.807) is 7.05 Å². The number of piperazine rings is 1. The Morgan fingerprint density at radius 2 is 1.85 bits per heavy atom. The number of likely N-dealkylation sites (N-methyl/N-ethyl adjacent to an activating group) is 1. The number of nitrogens with zero attached hydrogens (tertiary/aromatic N) is 2. The Balaban J connectivity index is 1.82. The fraction of sp³-hybridized carbons (Fsp3) is 0.467. The standard InChI is InChI=1S/C15H21N3O2/c1-17(12-15(20)18-9-7-16-8-10-18)14(19)11-13-5-3-2-4-6-13/h2-6,16H,7-12H2,1H3. The molecule has 1 heterocycles. The van der Waals surface area contributed by atoms with E-state index in [-0.39, 0.29) is 18.4 Å². The zero-order valence-corrected chi connectivity index (χ0v) is 11.8. The van der Waals surface area contributed by atoms with Gasteiger partial charge in [-0.2, -0.15) is 0 Å². The fourth-order valence-electron chi connectivity index (χ4n) is 2.21. The molecule has 0 atom stereocenters. The first-order valence-corrected chi connectivity index (χ1v) is 6.93. The molecule has 5 nitrogen and oxygen atoms in total. The highest BCUT2D eigenvalue weighted by atomic mass is 16.2. The van der Waals surface area contributed by atoms with Gasteiger partial charge in [0.2, 0.25) is 11.8 Å². The minimum absolute atomic E-state index is 0.0235. The average molecular weight is 275 g/mol. The maximum atomic E-state index is 12.1. The van der Waals surface area contributed by atoms with Gasteiger partial charge in [-0.15, -0.1) is 0 Å². The lowest BCUT2D eigenvalue weighted by atomic mass is 10.1. The zero-order chi connectivity index (χ0) is 14.4. The highest BCUT2D eigenvalue weighted by Crippen LogP contribution is 2.03. The van der Waals surface area contributed by atoms with Crippen LogP contribution in [0.2, 0.25) is 0 Å². The van der Waals surface area contributed by atoms with Crippen LogP contribution in [0.4, 0.5) is 0 Å². The van der Waals surface area contributed by atoms with Crippen LogP contribution in [0.1, 0.15) is 5.56 Å². The molecule has 0 spiro atoms. The number of hydrogen-bond donors (Lipinski definition) is 1. The largest absolute Gasteiger partial charge is 0.339 e. The molecular weight excluding hydrogens is 254 g/mol. The molecule has 2 amide bonds. The Morgan fingerprint density at radius 1 is 1.20 bits per heavy atom. The van der Waals surface area contributed by atoms with Crippen molar-refractivity contribution in [2.24, 2.45) is 0 Å². The Kier molecular flexibility index (Phi) is 5.12. The first kappa shape index (κ1) is 14.5. The average Bonchev–Trinajstić information content (AvgIpc) is 2.49. The molecule has 2 rings (SSSR count). The number of nitrogens with one attached hydrogen (secondary N) is 1. The van der Waals surface area contributed by atoms with E-state index in [1.165, 1.54) is 4.90 Å².